The van der Waals surface area contributed by atoms with Crippen LogP contribution in [0.3, 0.4) is 0 Å². The highest BCUT2D eigenvalue weighted by Gasteiger charge is 2.48. The summed E-state index contributed by atoms with van der Waals surface area (Å²) in [6, 6.07) is 0. The van der Waals surface area contributed by atoms with Crippen LogP contribution in [0.25, 0.3) is 0 Å². The van der Waals surface area contributed by atoms with Crippen LogP contribution in [0, 0.1) is 5.41 Å². The third kappa shape index (κ3) is 2.32. The average molecular weight is 214 g/mol. The summed E-state index contributed by atoms with van der Waals surface area (Å²) < 4.78 is 0. The van der Waals surface area contributed by atoms with E-state index in [1.165, 1.54) is 0 Å². The van der Waals surface area contributed by atoms with Gasteiger partial charge >= 0.3 is 0 Å². The predicted molar refractivity (Wildman–Crippen MR) is 59.2 cm³/mol. The van der Waals surface area contributed by atoms with E-state index in [1.54, 1.807) is 0 Å². The Balaban J connectivity index is 2.69. The molecule has 0 aliphatic heterocycles. The Kier molecular flexibility index (Phi) is 2.87. The molecule has 0 heterocycles. The fourth-order valence-electron chi connectivity index (χ4n) is 1.16. The Bertz CT molecular complexity index is 262. The second kappa shape index (κ2) is 3.46. The van der Waals surface area contributed by atoms with E-state index in [9.17, 15) is 4.79 Å². The molecule has 0 aromatic carbocycles. The lowest BCUT2D eigenvalue weighted by Crippen LogP contribution is -2.58. The van der Waals surface area contributed by atoms with Crippen molar-refractivity contribution in [2.75, 3.05) is 6.61 Å². The molecule has 0 atom stereocenters. The van der Waals surface area contributed by atoms with E-state index in [-0.39, 0.29) is 18.1 Å². The minimum absolute atomic E-state index is 0.0137. The zero-order valence-corrected chi connectivity index (χ0v) is 10.1. The standard InChI is InChI=1S/C11H22N2O2/c1-9(2,10(3,4)12)8(15)13-11(7-14)5-6-11/h14H,5-7,12H2,1-4H3,(H,13,15). The monoisotopic (exact) mass is 214 g/mol. The number of carbonyl (C=O) groups is 1. The Hall–Kier alpha value is -0.610. The number of nitrogens with one attached hydrogen (secondary N) is 1. The third-order valence-electron chi connectivity index (χ3n) is 3.71. The van der Waals surface area contributed by atoms with Crippen LogP contribution in [0.2, 0.25) is 0 Å². The first-order valence-corrected chi connectivity index (χ1v) is 5.37. The molecule has 4 nitrogen and oxygen atoms in total. The van der Waals surface area contributed by atoms with Crippen molar-refractivity contribution in [3.8, 4) is 0 Å². The summed E-state index contributed by atoms with van der Waals surface area (Å²) in [6.45, 7) is 7.35. The highest BCUT2D eigenvalue weighted by Crippen LogP contribution is 2.37. The molecule has 0 bridgehead atoms. The van der Waals surface area contributed by atoms with E-state index < -0.39 is 11.0 Å². The van der Waals surface area contributed by atoms with Gasteiger partial charge in [0.15, 0.2) is 0 Å². The van der Waals surface area contributed by atoms with Gasteiger partial charge in [0.05, 0.1) is 17.6 Å². The summed E-state index contributed by atoms with van der Waals surface area (Å²) >= 11 is 0. The van der Waals surface area contributed by atoms with Gasteiger partial charge in [0, 0.05) is 5.54 Å². The van der Waals surface area contributed by atoms with Crippen LogP contribution in [-0.2, 0) is 4.79 Å². The molecule has 0 aromatic rings. The number of amides is 1. The maximum absolute atomic E-state index is 12.0. The second-order valence-corrected chi connectivity index (χ2v) is 5.74. The fraction of sp³-hybridized carbons (Fsp3) is 0.909. The lowest BCUT2D eigenvalue weighted by Gasteiger charge is -2.38. The largest absolute Gasteiger partial charge is 0.394 e. The van der Waals surface area contributed by atoms with Crippen LogP contribution in [0.15, 0.2) is 0 Å². The second-order valence-electron chi connectivity index (χ2n) is 5.74. The summed E-state index contributed by atoms with van der Waals surface area (Å²) in [4.78, 5) is 12.0. The minimum Gasteiger partial charge on any atom is -0.394 e. The van der Waals surface area contributed by atoms with Crippen molar-refractivity contribution in [2.24, 2.45) is 11.1 Å². The summed E-state index contributed by atoms with van der Waals surface area (Å²) in [7, 11) is 0. The van der Waals surface area contributed by atoms with Gasteiger partial charge in [0.25, 0.3) is 0 Å². The van der Waals surface area contributed by atoms with Gasteiger partial charge in [-0.3, -0.25) is 4.79 Å². The van der Waals surface area contributed by atoms with E-state index in [4.69, 9.17) is 10.8 Å². The maximum Gasteiger partial charge on any atom is 0.228 e. The molecule has 1 aliphatic rings. The van der Waals surface area contributed by atoms with E-state index in [2.05, 4.69) is 5.32 Å². The smallest absolute Gasteiger partial charge is 0.228 e. The summed E-state index contributed by atoms with van der Waals surface area (Å²) in [5.74, 6) is -0.0819. The number of hydrogen-bond donors (Lipinski definition) is 3. The van der Waals surface area contributed by atoms with Gasteiger partial charge in [-0.2, -0.15) is 0 Å². The van der Waals surface area contributed by atoms with Gasteiger partial charge in [-0.05, 0) is 40.5 Å². The van der Waals surface area contributed by atoms with Crippen LogP contribution in [0.5, 0.6) is 0 Å². The normalized spacial score (nSPS) is 19.9. The Morgan fingerprint density at radius 1 is 1.40 bits per heavy atom. The van der Waals surface area contributed by atoms with Crippen LogP contribution < -0.4 is 11.1 Å². The zero-order valence-electron chi connectivity index (χ0n) is 10.1. The molecule has 1 fully saturated rings. The number of aliphatic hydroxyl groups excluding tert-OH is 1. The van der Waals surface area contributed by atoms with Gasteiger partial charge in [-0.25, -0.2) is 0 Å². The van der Waals surface area contributed by atoms with Gasteiger partial charge in [0.2, 0.25) is 5.91 Å². The van der Waals surface area contributed by atoms with E-state index in [0.717, 1.165) is 12.8 Å². The summed E-state index contributed by atoms with van der Waals surface area (Å²) in [6.07, 6.45) is 1.71. The molecule has 4 N–H and O–H groups in total. The summed E-state index contributed by atoms with van der Waals surface area (Å²) in [5, 5.41) is 12.0. The maximum atomic E-state index is 12.0. The minimum atomic E-state index is -0.641. The van der Waals surface area contributed by atoms with Crippen LogP contribution in [-0.4, -0.2) is 28.7 Å². The molecule has 0 saturated heterocycles. The lowest BCUT2D eigenvalue weighted by atomic mass is 9.74. The van der Waals surface area contributed by atoms with E-state index in [1.807, 2.05) is 27.7 Å². The molecule has 4 heteroatoms. The van der Waals surface area contributed by atoms with Gasteiger partial charge in [-0.15, -0.1) is 0 Å². The zero-order chi connectivity index (χ0) is 11.9. The number of carbonyl (C=O) groups excluding carboxylic acids is 1. The highest BCUT2D eigenvalue weighted by molar-refractivity contribution is 5.84. The van der Waals surface area contributed by atoms with Gasteiger partial charge in [0.1, 0.15) is 0 Å². The number of rotatable bonds is 4. The Morgan fingerprint density at radius 3 is 2.13 bits per heavy atom. The van der Waals surface area contributed by atoms with Crippen LogP contribution in [0.1, 0.15) is 40.5 Å². The molecule has 88 valence electrons. The van der Waals surface area contributed by atoms with Gasteiger partial charge in [-0.1, -0.05) is 0 Å². The molecule has 0 radical (unpaired) electrons. The first-order valence-electron chi connectivity index (χ1n) is 5.37. The van der Waals surface area contributed by atoms with Crippen molar-refractivity contribution in [2.45, 2.75) is 51.6 Å². The molecule has 0 spiro atoms. The Labute approximate surface area is 91.2 Å². The first kappa shape index (κ1) is 12.5. The van der Waals surface area contributed by atoms with Crippen molar-refractivity contribution in [3.63, 3.8) is 0 Å². The highest BCUT2D eigenvalue weighted by atomic mass is 16.3. The fourth-order valence-corrected chi connectivity index (χ4v) is 1.16. The topological polar surface area (TPSA) is 75.4 Å². The predicted octanol–water partition coefficient (Wildman–Crippen LogP) is 0.391. The Morgan fingerprint density at radius 2 is 1.87 bits per heavy atom. The van der Waals surface area contributed by atoms with Crippen molar-refractivity contribution in [1.82, 2.24) is 5.32 Å². The molecule has 1 aliphatic carbocycles. The SMILES string of the molecule is CC(C)(N)C(C)(C)C(=O)NC1(CO)CC1. The average Bonchev–Trinajstić information content (AvgIpc) is 2.83. The van der Waals surface area contributed by atoms with Crippen LogP contribution in [0.4, 0.5) is 0 Å². The third-order valence-corrected chi connectivity index (χ3v) is 3.71. The van der Waals surface area contributed by atoms with Crippen molar-refractivity contribution in [3.05, 3.63) is 0 Å². The summed E-state index contributed by atoms with van der Waals surface area (Å²) in [5.41, 5.74) is 4.39. The van der Waals surface area contributed by atoms with Gasteiger partial charge < -0.3 is 16.2 Å². The number of aliphatic hydroxyl groups is 1. The number of nitrogens with two attached hydrogens (primary N) is 1. The van der Waals surface area contributed by atoms with E-state index >= 15 is 0 Å². The molecule has 15 heavy (non-hydrogen) atoms. The molecule has 1 amide bonds. The molecule has 1 saturated carbocycles. The molecular weight excluding hydrogens is 192 g/mol. The molecule has 1 rings (SSSR count). The van der Waals surface area contributed by atoms with Crippen LogP contribution >= 0.6 is 0 Å². The first-order chi connectivity index (χ1) is 6.65. The molecule has 0 aromatic heterocycles. The van der Waals surface area contributed by atoms with Crippen molar-refractivity contribution < 1.29 is 9.90 Å². The lowest BCUT2D eigenvalue weighted by molar-refractivity contribution is -0.133. The number of hydrogen-bond acceptors (Lipinski definition) is 3. The molecular formula is C11H22N2O2. The quantitative estimate of drug-likeness (QED) is 0.633. The molecule has 0 unspecified atom stereocenters. The van der Waals surface area contributed by atoms with E-state index in [0.29, 0.717) is 0 Å². The van der Waals surface area contributed by atoms with Crippen molar-refractivity contribution in [1.29, 1.82) is 0 Å². The van der Waals surface area contributed by atoms with Crippen molar-refractivity contribution >= 4 is 5.91 Å².